The first-order valence-electron chi connectivity index (χ1n) is 20.7. The molecule has 0 bridgehead atoms. The van der Waals surface area contributed by atoms with Crippen molar-refractivity contribution in [3.05, 3.63) is 59.7 Å². The summed E-state index contributed by atoms with van der Waals surface area (Å²) in [7, 11) is -8.48. The lowest BCUT2D eigenvalue weighted by atomic mass is 9.92. The highest BCUT2D eigenvalue weighted by Crippen LogP contribution is 2.46. The number of benzene rings is 1. The van der Waals surface area contributed by atoms with Crippen molar-refractivity contribution in [1.29, 1.82) is 5.26 Å². The number of halogens is 1. The quantitative estimate of drug-likeness (QED) is 0.0418. The Hall–Kier alpha value is -3.01. The Kier molecular flexibility index (Phi) is 19.7. The number of fused-ring (bicyclic) bond motifs is 1. The van der Waals surface area contributed by atoms with E-state index in [4.69, 9.17) is 29.0 Å². The summed E-state index contributed by atoms with van der Waals surface area (Å²) < 4.78 is 80.5. The van der Waals surface area contributed by atoms with Crippen molar-refractivity contribution in [3.63, 3.8) is 0 Å². The van der Waals surface area contributed by atoms with Crippen LogP contribution in [-0.2, 0) is 49.9 Å². The van der Waals surface area contributed by atoms with Gasteiger partial charge in [-0.1, -0.05) is 90.4 Å². The summed E-state index contributed by atoms with van der Waals surface area (Å²) in [5.74, 6) is -1.34. The Balaban J connectivity index is 1.25. The fourth-order valence-corrected chi connectivity index (χ4v) is 8.60. The van der Waals surface area contributed by atoms with Gasteiger partial charge in [0.1, 0.15) is 30.2 Å². The second-order valence-electron chi connectivity index (χ2n) is 15.4. The minimum Gasteiger partial charge on any atom is -0.397 e. The fourth-order valence-electron chi connectivity index (χ4n) is 7.09. The normalized spacial score (nSPS) is 21.1. The first-order chi connectivity index (χ1) is 28.2. The predicted molar refractivity (Wildman–Crippen MR) is 219 cm³/mol. The largest absolute Gasteiger partial charge is 0.472 e. The van der Waals surface area contributed by atoms with Crippen LogP contribution < -0.4 is 5.73 Å². The molecule has 15 nitrogen and oxygen atoms in total. The van der Waals surface area contributed by atoms with Crippen LogP contribution in [0.25, 0.3) is 5.52 Å². The van der Waals surface area contributed by atoms with Crippen molar-refractivity contribution in [2.24, 2.45) is 5.92 Å². The number of aliphatic hydroxyl groups excluding tert-OH is 2. The third-order valence-corrected chi connectivity index (χ3v) is 12.5. The van der Waals surface area contributed by atoms with Gasteiger partial charge in [-0.2, -0.15) is 10.4 Å². The Morgan fingerprint density at radius 2 is 1.58 bits per heavy atom. The number of phosphoric acid groups is 1. The molecule has 59 heavy (non-hydrogen) atoms. The molecule has 0 aliphatic carbocycles. The number of anilines is 1. The van der Waals surface area contributed by atoms with E-state index in [9.17, 15) is 37.7 Å². The van der Waals surface area contributed by atoms with Crippen molar-refractivity contribution >= 4 is 28.9 Å². The molecule has 2 aromatic heterocycles. The Morgan fingerprint density at radius 3 is 2.20 bits per heavy atom. The van der Waals surface area contributed by atoms with Crippen LogP contribution in [0.2, 0.25) is 0 Å². The average Bonchev–Trinajstić information content (AvgIpc) is 3.74. The van der Waals surface area contributed by atoms with Gasteiger partial charge < -0.3 is 35.1 Å². The van der Waals surface area contributed by atoms with Gasteiger partial charge in [0.15, 0.2) is 9.84 Å². The van der Waals surface area contributed by atoms with Crippen LogP contribution in [0.15, 0.2) is 47.5 Å². The molecule has 1 aromatic carbocycles. The summed E-state index contributed by atoms with van der Waals surface area (Å²) in [6, 6.07) is 9.91. The second kappa shape index (κ2) is 23.8. The van der Waals surface area contributed by atoms with Crippen LogP contribution in [0, 0.1) is 23.1 Å². The molecule has 1 saturated heterocycles. The van der Waals surface area contributed by atoms with E-state index in [0.29, 0.717) is 17.8 Å². The maximum absolute atomic E-state index is 14.2. The summed E-state index contributed by atoms with van der Waals surface area (Å²) in [6.07, 6.45) is 14.6. The molecule has 5 N–H and O–H groups in total. The van der Waals surface area contributed by atoms with Gasteiger partial charge in [-0.3, -0.25) is 9.05 Å². The molecule has 0 radical (unpaired) electrons. The van der Waals surface area contributed by atoms with E-state index in [1.54, 1.807) is 12.1 Å². The molecule has 0 amide bonds. The number of nitrogen functional groups attached to an aromatic ring is 1. The number of sulfone groups is 1. The maximum Gasteiger partial charge on any atom is 0.472 e. The van der Waals surface area contributed by atoms with E-state index in [1.165, 1.54) is 93.5 Å². The highest BCUT2D eigenvalue weighted by Gasteiger charge is 2.58. The second-order valence-corrected chi connectivity index (χ2v) is 18.9. The first kappa shape index (κ1) is 48.7. The van der Waals surface area contributed by atoms with Crippen molar-refractivity contribution in [1.82, 2.24) is 9.61 Å². The van der Waals surface area contributed by atoms with Gasteiger partial charge in [0.2, 0.25) is 5.60 Å². The van der Waals surface area contributed by atoms with Crippen molar-refractivity contribution in [2.45, 2.75) is 132 Å². The molecule has 1 unspecified atom stereocenters. The average molecular weight is 869 g/mol. The first-order valence-corrected chi connectivity index (χ1v) is 24.0. The molecule has 3 aromatic rings. The summed E-state index contributed by atoms with van der Waals surface area (Å²) in [4.78, 5) is 10.4. The Morgan fingerprint density at radius 1 is 0.949 bits per heavy atom. The van der Waals surface area contributed by atoms with E-state index in [2.05, 4.69) is 12.0 Å². The third kappa shape index (κ3) is 14.8. The molecular formula is C41H62FN4O11PS. The molecule has 1 fully saturated rings. The van der Waals surface area contributed by atoms with Crippen LogP contribution in [0.4, 0.5) is 10.1 Å². The SMILES string of the molecule is CCCCCCCCCCCCCCCCOC[C@H](COCc1cc(F)cc(S(C)(=O)=O)c1)COP(=O)(O)OC[C@H]1O[C@@](C#N)(c2ccc3c(N)ccnn23)[C@H](O)[C@@H]1O. The minimum absolute atomic E-state index is 0.0609. The number of ether oxygens (including phenoxy) is 3. The Labute approximate surface area is 347 Å². The van der Waals surface area contributed by atoms with Crippen LogP contribution in [0.1, 0.15) is 108 Å². The van der Waals surface area contributed by atoms with Gasteiger partial charge in [0.25, 0.3) is 0 Å². The van der Waals surface area contributed by atoms with Gasteiger partial charge >= 0.3 is 7.82 Å². The zero-order chi connectivity index (χ0) is 42.9. The minimum atomic E-state index is -4.82. The zero-order valence-corrected chi connectivity index (χ0v) is 36.0. The van der Waals surface area contributed by atoms with Gasteiger partial charge in [-0.15, -0.1) is 0 Å². The summed E-state index contributed by atoms with van der Waals surface area (Å²) >= 11 is 0. The van der Waals surface area contributed by atoms with Crippen molar-refractivity contribution < 1.29 is 55.7 Å². The van der Waals surface area contributed by atoms with E-state index < -0.39 is 59.9 Å². The lowest BCUT2D eigenvalue weighted by molar-refractivity contribution is -0.0651. The number of nitrogens with two attached hydrogens (primary N) is 1. The van der Waals surface area contributed by atoms with E-state index >= 15 is 0 Å². The lowest BCUT2D eigenvalue weighted by Gasteiger charge is -2.24. The van der Waals surface area contributed by atoms with Crippen molar-refractivity contribution in [3.8, 4) is 6.07 Å². The monoisotopic (exact) mass is 868 g/mol. The molecule has 330 valence electrons. The molecule has 4 rings (SSSR count). The Bertz CT molecular complexity index is 1950. The number of aliphatic hydroxyl groups is 2. The van der Waals surface area contributed by atoms with E-state index in [1.807, 2.05) is 6.07 Å². The number of rotatable bonds is 29. The van der Waals surface area contributed by atoms with Crippen LogP contribution in [0.5, 0.6) is 0 Å². The highest BCUT2D eigenvalue weighted by atomic mass is 32.2. The fraction of sp³-hybridized carbons (Fsp3) is 0.659. The van der Waals surface area contributed by atoms with Gasteiger partial charge in [-0.25, -0.2) is 21.9 Å². The molecule has 1 aliphatic heterocycles. The zero-order valence-electron chi connectivity index (χ0n) is 34.3. The molecule has 3 heterocycles. The number of phosphoric ester groups is 1. The summed E-state index contributed by atoms with van der Waals surface area (Å²) in [5.41, 5.74) is 5.05. The highest BCUT2D eigenvalue weighted by molar-refractivity contribution is 7.90. The number of nitrogens with zero attached hydrogens (tertiary/aromatic N) is 3. The third-order valence-electron chi connectivity index (χ3n) is 10.4. The van der Waals surface area contributed by atoms with Gasteiger partial charge in [0, 0.05) is 25.0 Å². The standard InChI is InChI=1S/C41H62FN4O11PS/c1-3-4-5-6-7-8-9-10-11-12-13-14-15-16-21-53-26-32(27-54-25-31-22-33(42)24-34(23-31)59(2,51)52)28-55-58(49,50)56-29-37-39(47)40(48)41(30-43,57-37)38-18-17-36-35(44)19-20-45-46(36)38/h17-20,22-24,32,37,39-40,47-48H,3-16,21,25-29,44H2,1-2H3,(H,49,50)/t32-,37-,39-,40-,41+/m1/s1. The number of aromatic nitrogens is 2. The van der Waals surface area contributed by atoms with Crippen LogP contribution >= 0.6 is 7.82 Å². The van der Waals surface area contributed by atoms with Crippen molar-refractivity contribution in [2.75, 3.05) is 45.0 Å². The van der Waals surface area contributed by atoms with Gasteiger partial charge in [-0.05, 0) is 48.4 Å². The smallest absolute Gasteiger partial charge is 0.397 e. The lowest BCUT2D eigenvalue weighted by Crippen LogP contribution is -2.41. The number of nitriles is 1. The van der Waals surface area contributed by atoms with E-state index in [0.717, 1.165) is 37.7 Å². The molecule has 0 spiro atoms. The topological polar surface area (TPSA) is 225 Å². The molecule has 0 saturated carbocycles. The molecule has 18 heteroatoms. The van der Waals surface area contributed by atoms with Crippen LogP contribution in [-0.4, -0.2) is 90.7 Å². The maximum atomic E-state index is 14.2. The van der Waals surface area contributed by atoms with E-state index in [-0.39, 0.29) is 42.6 Å². The number of hydrogen-bond acceptors (Lipinski definition) is 13. The number of hydrogen-bond donors (Lipinski definition) is 4. The summed E-state index contributed by atoms with van der Waals surface area (Å²) in [6.45, 7) is 1.46. The van der Waals surface area contributed by atoms with Gasteiger partial charge in [0.05, 0.1) is 54.8 Å². The molecule has 6 atom stereocenters. The van der Waals surface area contributed by atoms with Crippen LogP contribution in [0.3, 0.4) is 0 Å². The molecule has 1 aliphatic rings. The summed E-state index contributed by atoms with van der Waals surface area (Å²) in [5, 5.41) is 36.2. The molecular weight excluding hydrogens is 807 g/mol. The number of unbranched alkanes of at least 4 members (excludes halogenated alkanes) is 13. The predicted octanol–water partition coefficient (Wildman–Crippen LogP) is 6.76.